The number of hydrogen-bond donors (Lipinski definition) is 0. The number of benzene rings is 1. The minimum atomic E-state index is -0.476. The van der Waals surface area contributed by atoms with Crippen molar-refractivity contribution in [2.45, 2.75) is 0 Å². The van der Waals surface area contributed by atoms with E-state index in [2.05, 4.69) is 6.92 Å². The zero-order valence-electron chi connectivity index (χ0n) is 5.78. The molecule has 0 aliphatic rings. The van der Waals surface area contributed by atoms with E-state index in [1.807, 2.05) is 0 Å². The van der Waals surface area contributed by atoms with Crippen molar-refractivity contribution in [1.82, 2.24) is 0 Å². The molecule has 0 atom stereocenters. The van der Waals surface area contributed by atoms with E-state index in [9.17, 15) is 8.78 Å². The van der Waals surface area contributed by atoms with Crippen LogP contribution in [0.5, 0.6) is 0 Å². The van der Waals surface area contributed by atoms with Gasteiger partial charge in [0.15, 0.2) is 0 Å². The van der Waals surface area contributed by atoms with E-state index >= 15 is 0 Å². The molecule has 0 bridgehead atoms. The Labute approximate surface area is 86.6 Å². The molecule has 1 rings (SSSR count). The Morgan fingerprint density at radius 1 is 1.18 bits per heavy atom. The molecule has 0 radical (unpaired) electrons. The van der Waals surface area contributed by atoms with Gasteiger partial charge in [-0.15, -0.1) is 6.07 Å². The minimum Gasteiger partial charge on any atom is -1.00 e. The van der Waals surface area contributed by atoms with E-state index < -0.39 is 11.6 Å². The molecule has 1 aromatic carbocycles. The molecule has 0 fully saturated rings. The van der Waals surface area contributed by atoms with Crippen LogP contribution in [-0.2, 0) is 0 Å². The maximum absolute atomic E-state index is 12.3. The van der Waals surface area contributed by atoms with E-state index in [1.54, 1.807) is 0 Å². The Morgan fingerprint density at radius 3 is 2.09 bits per heavy atom. The number of halogens is 3. The van der Waals surface area contributed by atoms with Gasteiger partial charge in [0.05, 0.1) is 5.82 Å². The SMILES string of the molecule is [CH2-]c1cc(F)ccc1F.[Cl-].[Mg+2]. The van der Waals surface area contributed by atoms with Crippen LogP contribution >= 0.6 is 0 Å². The van der Waals surface area contributed by atoms with Gasteiger partial charge in [-0.2, -0.15) is 12.5 Å². The summed E-state index contributed by atoms with van der Waals surface area (Å²) in [6.07, 6.45) is 0. The molecule has 0 unspecified atom stereocenters. The van der Waals surface area contributed by atoms with Gasteiger partial charge in [-0.25, -0.2) is 4.39 Å². The second-order valence-corrected chi connectivity index (χ2v) is 1.74. The molecular formula is C7H5ClF2Mg. The Kier molecular flexibility index (Phi) is 6.95. The monoisotopic (exact) mass is 186 g/mol. The quantitative estimate of drug-likeness (QED) is 0.352. The third kappa shape index (κ3) is 3.79. The van der Waals surface area contributed by atoms with Crippen molar-refractivity contribution in [3.8, 4) is 0 Å². The molecule has 0 aromatic heterocycles. The van der Waals surface area contributed by atoms with Crippen molar-refractivity contribution in [3.63, 3.8) is 0 Å². The Balaban J connectivity index is 0. The van der Waals surface area contributed by atoms with Crippen LogP contribution in [0.4, 0.5) is 8.78 Å². The third-order valence-corrected chi connectivity index (χ3v) is 1.01. The zero-order chi connectivity index (χ0) is 6.85. The topological polar surface area (TPSA) is 0 Å². The van der Waals surface area contributed by atoms with Crippen LogP contribution in [0.25, 0.3) is 0 Å². The van der Waals surface area contributed by atoms with E-state index in [-0.39, 0.29) is 41.0 Å². The molecule has 11 heavy (non-hydrogen) atoms. The van der Waals surface area contributed by atoms with Crippen LogP contribution in [0.15, 0.2) is 18.2 Å². The molecule has 0 nitrogen and oxygen atoms in total. The van der Waals surface area contributed by atoms with E-state index in [4.69, 9.17) is 0 Å². The summed E-state index contributed by atoms with van der Waals surface area (Å²) in [5.74, 6) is -0.933. The van der Waals surface area contributed by atoms with Crippen LogP contribution in [0, 0.1) is 18.6 Å². The molecule has 1 aromatic rings. The zero-order valence-corrected chi connectivity index (χ0v) is 7.95. The predicted molar refractivity (Wildman–Crippen MR) is 36.6 cm³/mol. The van der Waals surface area contributed by atoms with Gasteiger partial charge in [0, 0.05) is 5.82 Å². The largest absolute Gasteiger partial charge is 2.00 e. The van der Waals surface area contributed by atoms with Crippen LogP contribution in [0.3, 0.4) is 0 Å². The van der Waals surface area contributed by atoms with Gasteiger partial charge in [-0.1, -0.05) is 6.07 Å². The van der Waals surface area contributed by atoms with E-state index in [1.165, 1.54) is 0 Å². The molecule has 0 N–H and O–H groups in total. The second-order valence-electron chi connectivity index (χ2n) is 1.74. The van der Waals surface area contributed by atoms with Crippen LogP contribution < -0.4 is 12.4 Å². The molecule has 0 aliphatic heterocycles. The van der Waals surface area contributed by atoms with Crippen LogP contribution in [0.1, 0.15) is 5.56 Å². The maximum atomic E-state index is 12.3. The molecule has 0 aliphatic carbocycles. The van der Waals surface area contributed by atoms with Crippen molar-refractivity contribution >= 4 is 23.1 Å². The maximum Gasteiger partial charge on any atom is 2.00 e. The molecule has 0 saturated heterocycles. The average Bonchev–Trinajstić information content (AvgIpc) is 1.80. The average molecular weight is 187 g/mol. The minimum absolute atomic E-state index is 0. The van der Waals surface area contributed by atoms with Gasteiger partial charge < -0.3 is 12.4 Å². The summed E-state index contributed by atoms with van der Waals surface area (Å²) in [4.78, 5) is 0. The summed E-state index contributed by atoms with van der Waals surface area (Å²) in [5, 5.41) is 0. The Bertz CT molecular complexity index is 228. The molecule has 0 heterocycles. The summed E-state index contributed by atoms with van der Waals surface area (Å²) < 4.78 is 24.4. The molecule has 0 spiro atoms. The van der Waals surface area contributed by atoms with Gasteiger partial charge in [-0.05, 0) is 6.07 Å². The fourth-order valence-electron chi connectivity index (χ4n) is 0.543. The molecule has 0 saturated carbocycles. The third-order valence-electron chi connectivity index (χ3n) is 1.01. The van der Waals surface area contributed by atoms with Crippen molar-refractivity contribution in [1.29, 1.82) is 0 Å². The summed E-state index contributed by atoms with van der Waals surface area (Å²) in [6.45, 7) is 3.27. The van der Waals surface area contributed by atoms with Crippen LogP contribution in [-0.4, -0.2) is 23.1 Å². The van der Waals surface area contributed by atoms with Crippen molar-refractivity contribution in [3.05, 3.63) is 42.3 Å². The number of rotatable bonds is 0. The molecule has 4 heteroatoms. The summed E-state index contributed by atoms with van der Waals surface area (Å²) >= 11 is 0. The predicted octanol–water partition coefficient (Wildman–Crippen LogP) is -1.23. The first-order valence-corrected chi connectivity index (χ1v) is 2.47. The molecule has 0 amide bonds. The Hall–Kier alpha value is 0.00623. The summed E-state index contributed by atoms with van der Waals surface area (Å²) in [6, 6.07) is 3.16. The standard InChI is InChI=1S/C7H5F2.ClH.Mg/c1-5-4-6(8)2-3-7(5)9;;/h2-4H,1H2;1H;/q-1;;+2/p-1. The number of hydrogen-bond acceptors (Lipinski definition) is 0. The summed E-state index contributed by atoms with van der Waals surface area (Å²) in [7, 11) is 0. The molecular weight excluding hydrogens is 182 g/mol. The van der Waals surface area contributed by atoms with Gasteiger partial charge in [0.25, 0.3) is 0 Å². The van der Waals surface area contributed by atoms with Gasteiger partial charge >= 0.3 is 23.1 Å². The van der Waals surface area contributed by atoms with Crippen molar-refractivity contribution < 1.29 is 21.2 Å². The van der Waals surface area contributed by atoms with E-state index in [0.717, 1.165) is 18.2 Å². The van der Waals surface area contributed by atoms with Crippen molar-refractivity contribution in [2.75, 3.05) is 0 Å². The molecule has 56 valence electrons. The second kappa shape index (κ2) is 5.63. The smallest absolute Gasteiger partial charge is 1.00 e. The first-order chi connectivity index (χ1) is 4.20. The van der Waals surface area contributed by atoms with Gasteiger partial charge in [0.2, 0.25) is 0 Å². The van der Waals surface area contributed by atoms with Gasteiger partial charge in [-0.3, -0.25) is 4.39 Å². The van der Waals surface area contributed by atoms with Crippen LogP contribution in [0.2, 0.25) is 0 Å². The first kappa shape index (κ1) is 13.6. The van der Waals surface area contributed by atoms with Crippen molar-refractivity contribution in [2.24, 2.45) is 0 Å². The fraction of sp³-hybridized carbons (Fsp3) is 0. The Morgan fingerprint density at radius 2 is 1.73 bits per heavy atom. The van der Waals surface area contributed by atoms with Gasteiger partial charge in [0.1, 0.15) is 0 Å². The first-order valence-electron chi connectivity index (χ1n) is 2.47. The normalized spacial score (nSPS) is 7.82. The van der Waals surface area contributed by atoms with E-state index in [0.29, 0.717) is 0 Å². The summed E-state index contributed by atoms with van der Waals surface area (Å²) in [5.41, 5.74) is 0.0926. The fourth-order valence-corrected chi connectivity index (χ4v) is 0.543.